The number of hydrogen-bond donors (Lipinski definition) is 3. The Bertz CT molecular complexity index is 1080. The minimum absolute atomic E-state index is 0.0183. The molecule has 1 aromatic heterocycles. The smallest absolute Gasteiger partial charge is 0.325 e. The van der Waals surface area contributed by atoms with E-state index in [1.54, 1.807) is 0 Å². The Labute approximate surface area is 148 Å². The number of aryl methyl sites for hydroxylation is 1. The number of Topliss-reactive ketones (excluding diaryl/α,β-unsaturated/α-hetero) is 1. The normalized spacial score (nSPS) is 11.1. The lowest BCUT2D eigenvalue weighted by Gasteiger charge is -2.15. The molecule has 0 radical (unpaired) electrons. The van der Waals surface area contributed by atoms with Crippen molar-refractivity contribution >= 4 is 21.5 Å². The number of carbonyl (C=O) groups is 1. The van der Waals surface area contributed by atoms with Crippen molar-refractivity contribution in [2.24, 2.45) is 0 Å². The zero-order valence-corrected chi connectivity index (χ0v) is 15.2. The van der Waals surface area contributed by atoms with Crippen molar-refractivity contribution in [3.05, 3.63) is 44.2 Å². The summed E-state index contributed by atoms with van der Waals surface area (Å²) in [6.45, 7) is 2.52. The summed E-state index contributed by atoms with van der Waals surface area (Å²) in [5, 5.41) is 0. The molecule has 1 heterocycles. The van der Waals surface area contributed by atoms with Crippen LogP contribution in [0.2, 0.25) is 0 Å². The van der Waals surface area contributed by atoms with Gasteiger partial charge in [-0.05, 0) is 19.9 Å². The first kappa shape index (κ1) is 19.2. The van der Waals surface area contributed by atoms with Gasteiger partial charge in [0.25, 0.3) is 15.6 Å². The van der Waals surface area contributed by atoms with Crippen molar-refractivity contribution in [3.63, 3.8) is 0 Å². The SMILES string of the molecule is COc1cc(NS(=O)(=O)c2c(C)[nH]c(=O)[nH]c2=O)c(C(C)=O)cc1OC. The number of anilines is 1. The monoisotopic (exact) mass is 383 g/mol. The van der Waals surface area contributed by atoms with Crippen molar-refractivity contribution in [3.8, 4) is 11.5 Å². The molecule has 1 aromatic carbocycles. The number of sulfonamides is 1. The van der Waals surface area contributed by atoms with E-state index >= 15 is 0 Å². The second-order valence-electron chi connectivity index (χ2n) is 5.28. The first-order valence-electron chi connectivity index (χ1n) is 7.23. The molecule has 0 aliphatic rings. The van der Waals surface area contributed by atoms with Gasteiger partial charge in [-0.2, -0.15) is 0 Å². The van der Waals surface area contributed by atoms with Gasteiger partial charge in [-0.1, -0.05) is 0 Å². The molecule has 10 nitrogen and oxygen atoms in total. The van der Waals surface area contributed by atoms with Gasteiger partial charge in [0.15, 0.2) is 22.2 Å². The highest BCUT2D eigenvalue weighted by Crippen LogP contribution is 2.34. The van der Waals surface area contributed by atoms with Gasteiger partial charge in [0.05, 0.1) is 19.9 Å². The van der Waals surface area contributed by atoms with Crippen LogP contribution in [0, 0.1) is 6.92 Å². The van der Waals surface area contributed by atoms with Crippen LogP contribution in [0.4, 0.5) is 5.69 Å². The van der Waals surface area contributed by atoms with E-state index in [9.17, 15) is 22.8 Å². The fourth-order valence-corrected chi connectivity index (χ4v) is 3.67. The molecule has 0 amide bonds. The number of aromatic nitrogens is 2. The molecule has 0 unspecified atom stereocenters. The number of methoxy groups -OCH3 is 2. The van der Waals surface area contributed by atoms with Crippen LogP contribution in [0.5, 0.6) is 11.5 Å². The predicted octanol–water partition coefficient (Wildman–Crippen LogP) is 0.392. The molecule has 3 N–H and O–H groups in total. The Hall–Kier alpha value is -3.08. The Kier molecular flexibility index (Phi) is 5.21. The van der Waals surface area contributed by atoms with Crippen LogP contribution in [0.15, 0.2) is 26.6 Å². The van der Waals surface area contributed by atoms with Crippen molar-refractivity contribution in [1.29, 1.82) is 0 Å². The predicted molar refractivity (Wildman–Crippen MR) is 92.8 cm³/mol. The third-order valence-corrected chi connectivity index (χ3v) is 5.01. The topological polar surface area (TPSA) is 147 Å². The Morgan fingerprint density at radius 1 is 1.08 bits per heavy atom. The molecule has 0 fully saturated rings. The maximum Gasteiger partial charge on any atom is 0.325 e. The molecule has 11 heteroatoms. The van der Waals surface area contributed by atoms with Gasteiger partial charge in [-0.3, -0.25) is 19.3 Å². The summed E-state index contributed by atoms with van der Waals surface area (Å²) < 4.78 is 37.7. The molecule has 0 bridgehead atoms. The van der Waals surface area contributed by atoms with Gasteiger partial charge in [0.2, 0.25) is 0 Å². The average Bonchev–Trinajstić information content (AvgIpc) is 2.52. The fraction of sp³-hybridized carbons (Fsp3) is 0.267. The Morgan fingerprint density at radius 3 is 2.15 bits per heavy atom. The van der Waals surface area contributed by atoms with Crippen molar-refractivity contribution in [1.82, 2.24) is 9.97 Å². The number of carbonyl (C=O) groups excluding carboxylic acids is 1. The number of hydrogen-bond acceptors (Lipinski definition) is 7. The largest absolute Gasteiger partial charge is 0.493 e. The van der Waals surface area contributed by atoms with Crippen LogP contribution in [-0.4, -0.2) is 38.4 Å². The minimum Gasteiger partial charge on any atom is -0.493 e. The second-order valence-corrected chi connectivity index (χ2v) is 6.90. The van der Waals surface area contributed by atoms with E-state index in [1.807, 2.05) is 4.98 Å². The van der Waals surface area contributed by atoms with Gasteiger partial charge in [-0.25, -0.2) is 13.2 Å². The highest BCUT2D eigenvalue weighted by atomic mass is 32.2. The molecule has 2 rings (SSSR count). The van der Waals surface area contributed by atoms with E-state index in [0.717, 1.165) is 0 Å². The number of ether oxygens (including phenoxy) is 2. The third kappa shape index (κ3) is 3.61. The summed E-state index contributed by atoms with van der Waals surface area (Å²) in [5.41, 5.74) is -2.13. The molecule has 2 aromatic rings. The van der Waals surface area contributed by atoms with E-state index in [2.05, 4.69) is 9.71 Å². The number of H-pyrrole nitrogens is 2. The van der Waals surface area contributed by atoms with Crippen LogP contribution in [0.1, 0.15) is 23.0 Å². The summed E-state index contributed by atoms with van der Waals surface area (Å²) in [6.07, 6.45) is 0. The Morgan fingerprint density at radius 2 is 1.65 bits per heavy atom. The quantitative estimate of drug-likeness (QED) is 0.611. The van der Waals surface area contributed by atoms with Crippen LogP contribution in [0.25, 0.3) is 0 Å². The lowest BCUT2D eigenvalue weighted by atomic mass is 10.1. The molecule has 0 aliphatic heterocycles. The zero-order valence-electron chi connectivity index (χ0n) is 14.4. The molecule has 0 saturated heterocycles. The van der Waals surface area contributed by atoms with Crippen molar-refractivity contribution in [2.45, 2.75) is 18.7 Å². The first-order valence-corrected chi connectivity index (χ1v) is 8.72. The number of benzene rings is 1. The maximum absolute atomic E-state index is 12.6. The van der Waals surface area contributed by atoms with Crippen LogP contribution >= 0.6 is 0 Å². The average molecular weight is 383 g/mol. The van der Waals surface area contributed by atoms with Gasteiger partial charge >= 0.3 is 5.69 Å². The summed E-state index contributed by atoms with van der Waals surface area (Å²) in [4.78, 5) is 38.5. The van der Waals surface area contributed by atoms with Crippen molar-refractivity contribution in [2.75, 3.05) is 18.9 Å². The molecule has 0 aliphatic carbocycles. The molecular formula is C15H17N3O7S. The summed E-state index contributed by atoms with van der Waals surface area (Å²) in [5.74, 6) is -0.0169. The highest BCUT2D eigenvalue weighted by molar-refractivity contribution is 7.92. The van der Waals surface area contributed by atoms with E-state index in [1.165, 1.54) is 40.2 Å². The molecule has 0 spiro atoms. The molecule has 0 saturated carbocycles. The summed E-state index contributed by atoms with van der Waals surface area (Å²) in [6, 6.07) is 2.59. The summed E-state index contributed by atoms with van der Waals surface area (Å²) >= 11 is 0. The van der Waals surface area contributed by atoms with E-state index in [-0.39, 0.29) is 28.4 Å². The van der Waals surface area contributed by atoms with Gasteiger partial charge in [-0.15, -0.1) is 0 Å². The lowest BCUT2D eigenvalue weighted by molar-refractivity contribution is 0.101. The van der Waals surface area contributed by atoms with Gasteiger partial charge in [0, 0.05) is 17.3 Å². The standard InChI is InChI=1S/C15H17N3O7S/c1-7-13(14(20)17-15(21)16-7)26(22,23)18-10-6-12(25-4)11(24-3)5-9(10)8(2)19/h5-6,18H,1-4H3,(H2,16,17,20,21). The van der Waals surface area contributed by atoms with E-state index in [0.29, 0.717) is 0 Å². The minimum atomic E-state index is -4.40. The number of nitrogens with one attached hydrogen (secondary N) is 3. The third-order valence-electron chi connectivity index (χ3n) is 3.49. The second kappa shape index (κ2) is 7.04. The number of ketones is 1. The van der Waals surface area contributed by atoms with Crippen LogP contribution < -0.4 is 25.4 Å². The fourth-order valence-electron chi connectivity index (χ4n) is 2.36. The number of aromatic amines is 2. The highest BCUT2D eigenvalue weighted by Gasteiger charge is 2.25. The van der Waals surface area contributed by atoms with E-state index < -0.39 is 32.0 Å². The van der Waals surface area contributed by atoms with E-state index in [4.69, 9.17) is 9.47 Å². The molecule has 140 valence electrons. The first-order chi connectivity index (χ1) is 12.1. The van der Waals surface area contributed by atoms with Gasteiger partial charge < -0.3 is 14.5 Å². The Balaban J connectivity index is 2.65. The maximum atomic E-state index is 12.6. The van der Waals surface area contributed by atoms with Gasteiger partial charge in [0.1, 0.15) is 0 Å². The summed E-state index contributed by atoms with van der Waals surface area (Å²) in [7, 11) is -1.69. The van der Waals surface area contributed by atoms with Crippen LogP contribution in [0.3, 0.4) is 0 Å². The molecule has 0 atom stereocenters. The lowest BCUT2D eigenvalue weighted by Crippen LogP contribution is -2.31. The molecule has 26 heavy (non-hydrogen) atoms. The zero-order chi connectivity index (χ0) is 19.6. The van der Waals surface area contributed by atoms with Crippen molar-refractivity contribution < 1.29 is 22.7 Å². The molecular weight excluding hydrogens is 366 g/mol. The van der Waals surface area contributed by atoms with Crippen LogP contribution in [-0.2, 0) is 10.0 Å². The number of rotatable bonds is 6.